The number of amides is 2. The monoisotopic (exact) mass is 534 g/mol. The number of aromatic nitrogens is 2. The second kappa shape index (κ2) is 10.3. The maximum absolute atomic E-state index is 13.6. The number of rotatable bonds is 6. The summed E-state index contributed by atoms with van der Waals surface area (Å²) in [6, 6.07) is 6.15. The Morgan fingerprint density at radius 1 is 1.22 bits per heavy atom. The Morgan fingerprint density at radius 3 is 2.64 bits per heavy atom. The summed E-state index contributed by atoms with van der Waals surface area (Å²) in [4.78, 5) is 44.7. The molecule has 0 saturated carbocycles. The molecule has 1 aliphatic heterocycles. The van der Waals surface area contributed by atoms with E-state index in [1.54, 1.807) is 22.7 Å². The normalized spacial score (nSPS) is 14.1. The van der Waals surface area contributed by atoms with Crippen LogP contribution in [-0.2, 0) is 27.7 Å². The summed E-state index contributed by atoms with van der Waals surface area (Å²) in [7, 11) is -3.80. The topological polar surface area (TPSA) is 139 Å². The number of hydrogen-bond donors (Lipinski definition) is 2. The van der Waals surface area contributed by atoms with Crippen molar-refractivity contribution in [2.24, 2.45) is 0 Å². The Bertz CT molecular complexity index is 1520. The molecular formula is C23H23FN4O6S2. The Kier molecular flexibility index (Phi) is 7.31. The van der Waals surface area contributed by atoms with Crippen LogP contribution in [-0.4, -0.2) is 70.6 Å². The summed E-state index contributed by atoms with van der Waals surface area (Å²) >= 11 is 1.73. The van der Waals surface area contributed by atoms with Gasteiger partial charge in [0.2, 0.25) is 5.91 Å². The van der Waals surface area contributed by atoms with Gasteiger partial charge in [-0.05, 0) is 29.8 Å². The number of hydrogen-bond acceptors (Lipinski definition) is 8. The molecule has 3 aromatic rings. The van der Waals surface area contributed by atoms with E-state index < -0.39 is 38.4 Å². The molecule has 1 saturated heterocycles. The Morgan fingerprint density at radius 2 is 1.94 bits per heavy atom. The highest BCUT2D eigenvalue weighted by Crippen LogP contribution is 2.25. The van der Waals surface area contributed by atoms with Gasteiger partial charge in [-0.3, -0.25) is 23.9 Å². The van der Waals surface area contributed by atoms with E-state index in [1.165, 1.54) is 18.3 Å². The van der Waals surface area contributed by atoms with Crippen LogP contribution in [0.4, 0.5) is 4.39 Å². The standard InChI is InChI=1S/C23H23FN4O6S2/c1-36(33,34)17-11-15(24)5-4-14(17)12-26-22(31)19-21(30)20-16(3-2-6-25-20)28(23(19)32)13-18(29)27-7-9-35-10-8-27/h2-6,11,30H,7-10,12-13H2,1H3,(H,26,31). The number of carbonyl (C=O) groups excluding carboxylic acids is 2. The molecule has 2 aromatic heterocycles. The van der Waals surface area contributed by atoms with Crippen molar-refractivity contribution in [1.82, 2.24) is 19.8 Å². The molecule has 0 bridgehead atoms. The fraction of sp³-hybridized carbons (Fsp3) is 0.304. The van der Waals surface area contributed by atoms with Gasteiger partial charge in [-0.1, -0.05) is 6.07 Å². The fourth-order valence-corrected chi connectivity index (χ4v) is 5.80. The molecule has 2 amide bonds. The van der Waals surface area contributed by atoms with Crippen LogP contribution in [0.15, 0.2) is 46.2 Å². The molecule has 2 N–H and O–H groups in total. The lowest BCUT2D eigenvalue weighted by Gasteiger charge is -2.27. The quantitative estimate of drug-likeness (QED) is 0.480. The third-order valence-electron chi connectivity index (χ3n) is 5.75. The van der Waals surface area contributed by atoms with Crippen molar-refractivity contribution >= 4 is 44.4 Å². The van der Waals surface area contributed by atoms with Crippen molar-refractivity contribution in [1.29, 1.82) is 0 Å². The SMILES string of the molecule is CS(=O)(=O)c1cc(F)ccc1CNC(=O)c1c(O)c2ncccc2n(CC(=O)N2CCSCC2)c1=O. The van der Waals surface area contributed by atoms with Gasteiger partial charge in [0.15, 0.2) is 15.6 Å². The molecule has 1 aliphatic rings. The van der Waals surface area contributed by atoms with Crippen molar-refractivity contribution < 1.29 is 27.5 Å². The summed E-state index contributed by atoms with van der Waals surface area (Å²) in [5, 5.41) is 13.2. The van der Waals surface area contributed by atoms with Crippen LogP contribution in [0, 0.1) is 5.82 Å². The summed E-state index contributed by atoms with van der Waals surface area (Å²) in [5.74, 6) is -1.15. The molecule has 0 radical (unpaired) electrons. The minimum atomic E-state index is -3.80. The zero-order chi connectivity index (χ0) is 26.0. The molecule has 0 unspecified atom stereocenters. The molecule has 36 heavy (non-hydrogen) atoms. The van der Waals surface area contributed by atoms with E-state index in [2.05, 4.69) is 10.3 Å². The van der Waals surface area contributed by atoms with Crippen LogP contribution in [0.1, 0.15) is 15.9 Å². The number of halogens is 1. The number of pyridine rings is 2. The minimum absolute atomic E-state index is 0.0390. The van der Waals surface area contributed by atoms with Crippen molar-refractivity contribution in [2.45, 2.75) is 18.0 Å². The molecular weight excluding hydrogens is 511 g/mol. The highest BCUT2D eigenvalue weighted by atomic mass is 32.2. The molecule has 0 atom stereocenters. The van der Waals surface area contributed by atoms with Crippen LogP contribution in [0.25, 0.3) is 11.0 Å². The molecule has 0 aliphatic carbocycles. The van der Waals surface area contributed by atoms with Crippen LogP contribution in [0.5, 0.6) is 5.75 Å². The molecule has 1 fully saturated rings. The molecule has 3 heterocycles. The number of benzene rings is 1. The zero-order valence-electron chi connectivity index (χ0n) is 19.2. The van der Waals surface area contributed by atoms with Crippen LogP contribution < -0.4 is 10.9 Å². The van der Waals surface area contributed by atoms with Crippen LogP contribution in [0.3, 0.4) is 0 Å². The van der Waals surface area contributed by atoms with Gasteiger partial charge >= 0.3 is 0 Å². The van der Waals surface area contributed by atoms with E-state index in [0.29, 0.717) is 13.1 Å². The maximum Gasteiger partial charge on any atom is 0.268 e. The fourth-order valence-electron chi connectivity index (χ4n) is 3.95. The van der Waals surface area contributed by atoms with Gasteiger partial charge in [-0.25, -0.2) is 12.8 Å². The number of sulfone groups is 1. The summed E-state index contributed by atoms with van der Waals surface area (Å²) in [6.45, 7) is 0.383. The summed E-state index contributed by atoms with van der Waals surface area (Å²) < 4.78 is 38.8. The number of aromatic hydroxyl groups is 1. The predicted octanol–water partition coefficient (Wildman–Crippen LogP) is 1.15. The van der Waals surface area contributed by atoms with Gasteiger partial charge in [0, 0.05) is 43.6 Å². The first-order chi connectivity index (χ1) is 17.1. The van der Waals surface area contributed by atoms with Gasteiger partial charge in [0.05, 0.1) is 10.4 Å². The number of fused-ring (bicyclic) bond motifs is 1. The number of carbonyl (C=O) groups is 2. The average molecular weight is 535 g/mol. The van der Waals surface area contributed by atoms with Gasteiger partial charge in [0.25, 0.3) is 11.5 Å². The van der Waals surface area contributed by atoms with Gasteiger partial charge < -0.3 is 15.3 Å². The first-order valence-electron chi connectivity index (χ1n) is 10.9. The van der Waals surface area contributed by atoms with Gasteiger partial charge in [0.1, 0.15) is 23.4 Å². The molecule has 10 nitrogen and oxygen atoms in total. The number of thioether (sulfide) groups is 1. The molecule has 13 heteroatoms. The van der Waals surface area contributed by atoms with Crippen LogP contribution >= 0.6 is 11.8 Å². The second-order valence-electron chi connectivity index (χ2n) is 8.19. The lowest BCUT2D eigenvalue weighted by atomic mass is 10.1. The number of nitrogens with zero attached hydrogens (tertiary/aromatic N) is 3. The Labute approximate surface area is 210 Å². The third kappa shape index (κ3) is 5.21. The van der Waals surface area contributed by atoms with E-state index >= 15 is 0 Å². The van der Waals surface area contributed by atoms with E-state index in [1.807, 2.05) is 0 Å². The van der Waals surface area contributed by atoms with E-state index in [-0.39, 0.29) is 40.5 Å². The smallest absolute Gasteiger partial charge is 0.268 e. The summed E-state index contributed by atoms with van der Waals surface area (Å²) in [6.07, 6.45) is 2.28. The van der Waals surface area contributed by atoms with E-state index in [9.17, 15) is 32.3 Å². The van der Waals surface area contributed by atoms with Crippen LogP contribution in [0.2, 0.25) is 0 Å². The minimum Gasteiger partial charge on any atom is -0.505 e. The third-order valence-corrected chi connectivity index (χ3v) is 7.87. The van der Waals surface area contributed by atoms with Gasteiger partial charge in [-0.2, -0.15) is 11.8 Å². The second-order valence-corrected chi connectivity index (χ2v) is 11.4. The average Bonchev–Trinajstić information content (AvgIpc) is 2.85. The van der Waals surface area contributed by atoms with Crippen molar-refractivity contribution in [3.05, 3.63) is 63.8 Å². The molecule has 0 spiro atoms. The molecule has 4 rings (SSSR count). The number of nitrogens with one attached hydrogen (secondary N) is 1. The van der Waals surface area contributed by atoms with E-state index in [4.69, 9.17) is 0 Å². The Hall–Kier alpha value is -3.45. The Balaban J connectivity index is 1.70. The first kappa shape index (κ1) is 25.6. The zero-order valence-corrected chi connectivity index (χ0v) is 20.9. The van der Waals surface area contributed by atoms with E-state index in [0.717, 1.165) is 34.5 Å². The largest absolute Gasteiger partial charge is 0.505 e. The molecule has 1 aromatic carbocycles. The maximum atomic E-state index is 13.6. The lowest BCUT2D eigenvalue weighted by Crippen LogP contribution is -2.42. The van der Waals surface area contributed by atoms with Crippen molar-refractivity contribution in [2.75, 3.05) is 30.9 Å². The highest BCUT2D eigenvalue weighted by Gasteiger charge is 2.26. The predicted molar refractivity (Wildman–Crippen MR) is 132 cm³/mol. The highest BCUT2D eigenvalue weighted by molar-refractivity contribution is 7.99. The first-order valence-corrected chi connectivity index (χ1v) is 13.9. The summed E-state index contributed by atoms with van der Waals surface area (Å²) in [5.41, 5.74) is -1.28. The molecule has 190 valence electrons. The van der Waals surface area contributed by atoms with Crippen molar-refractivity contribution in [3.8, 4) is 5.75 Å². The van der Waals surface area contributed by atoms with Crippen molar-refractivity contribution in [3.63, 3.8) is 0 Å². The van der Waals surface area contributed by atoms with Gasteiger partial charge in [-0.15, -0.1) is 0 Å². The lowest BCUT2D eigenvalue weighted by molar-refractivity contribution is -0.131.